The van der Waals surface area contributed by atoms with Crippen molar-refractivity contribution in [2.24, 2.45) is 7.05 Å². The average molecular weight is 386 g/mol. The first-order valence-electron chi connectivity index (χ1n) is 9.53. The van der Waals surface area contributed by atoms with Crippen LogP contribution >= 0.6 is 0 Å². The fourth-order valence-electron chi connectivity index (χ4n) is 3.43. The lowest BCUT2D eigenvalue weighted by atomic mass is 10.0. The van der Waals surface area contributed by atoms with E-state index < -0.39 is 0 Å². The Kier molecular flexibility index (Phi) is 5.24. The third kappa shape index (κ3) is 3.82. The quantitative estimate of drug-likeness (QED) is 0.544. The summed E-state index contributed by atoms with van der Waals surface area (Å²) in [6.45, 7) is 2.73. The molecule has 1 amide bonds. The molecule has 29 heavy (non-hydrogen) atoms. The van der Waals surface area contributed by atoms with E-state index in [1.54, 1.807) is 17.1 Å². The van der Waals surface area contributed by atoms with Crippen LogP contribution in [0.4, 0.5) is 0 Å². The lowest BCUT2D eigenvalue weighted by Gasteiger charge is -2.13. The molecule has 2 aromatic carbocycles. The zero-order chi connectivity index (χ0) is 20.2. The van der Waals surface area contributed by atoms with Crippen molar-refractivity contribution in [2.45, 2.75) is 13.5 Å². The number of aryl methyl sites for hydroxylation is 1. The first-order valence-corrected chi connectivity index (χ1v) is 9.53. The summed E-state index contributed by atoms with van der Waals surface area (Å²) in [6, 6.07) is 17.5. The minimum atomic E-state index is -0.179. The van der Waals surface area contributed by atoms with E-state index in [9.17, 15) is 4.79 Å². The lowest BCUT2D eigenvalue weighted by Crippen LogP contribution is -2.24. The van der Waals surface area contributed by atoms with Gasteiger partial charge < -0.3 is 10.1 Å². The molecule has 0 saturated carbocycles. The summed E-state index contributed by atoms with van der Waals surface area (Å²) in [7, 11) is 1.89. The number of carbonyl (C=O) groups excluding carboxylic acids is 1. The number of benzene rings is 2. The minimum Gasteiger partial charge on any atom is -0.493 e. The number of rotatable bonds is 6. The van der Waals surface area contributed by atoms with Crippen LogP contribution in [0.1, 0.15) is 23.0 Å². The van der Waals surface area contributed by atoms with Gasteiger partial charge in [0.1, 0.15) is 5.75 Å². The Bertz CT molecular complexity index is 1150. The van der Waals surface area contributed by atoms with Crippen molar-refractivity contribution < 1.29 is 9.53 Å². The summed E-state index contributed by atoms with van der Waals surface area (Å²) in [6.07, 6.45) is 3.50. The number of aromatic nitrogens is 3. The van der Waals surface area contributed by atoms with Crippen LogP contribution in [0.5, 0.6) is 5.75 Å². The Labute approximate surface area is 169 Å². The fourth-order valence-corrected chi connectivity index (χ4v) is 3.43. The molecule has 0 spiro atoms. The maximum Gasteiger partial charge on any atom is 0.256 e. The molecule has 4 rings (SSSR count). The number of ether oxygens (including phenoxy) is 1. The van der Waals surface area contributed by atoms with Crippen molar-refractivity contribution in [3.63, 3.8) is 0 Å². The molecule has 0 unspecified atom stereocenters. The number of nitrogens with zero attached hydrogens (tertiary/aromatic N) is 3. The highest BCUT2D eigenvalue weighted by Crippen LogP contribution is 2.28. The van der Waals surface area contributed by atoms with Gasteiger partial charge in [-0.3, -0.25) is 14.5 Å². The van der Waals surface area contributed by atoms with Gasteiger partial charge in [0, 0.05) is 25.0 Å². The molecule has 1 N–H and O–H groups in total. The molecular weight excluding hydrogens is 364 g/mol. The molecule has 0 radical (unpaired) electrons. The van der Waals surface area contributed by atoms with E-state index in [1.165, 1.54) is 0 Å². The zero-order valence-corrected chi connectivity index (χ0v) is 16.4. The Morgan fingerprint density at radius 1 is 1.10 bits per heavy atom. The number of pyridine rings is 1. The van der Waals surface area contributed by atoms with Gasteiger partial charge >= 0.3 is 0 Å². The first kappa shape index (κ1) is 18.7. The number of hydrogen-bond donors (Lipinski definition) is 1. The molecule has 6 heteroatoms. The molecule has 0 atom stereocenters. The Hall–Kier alpha value is -3.67. The maximum absolute atomic E-state index is 13.1. The molecule has 146 valence electrons. The third-order valence-corrected chi connectivity index (χ3v) is 4.75. The Balaban J connectivity index is 1.59. The predicted octanol–water partition coefficient (Wildman–Crippen LogP) is 3.96. The van der Waals surface area contributed by atoms with Crippen LogP contribution in [0.15, 0.2) is 67.0 Å². The van der Waals surface area contributed by atoms with E-state index in [2.05, 4.69) is 15.4 Å². The van der Waals surface area contributed by atoms with Crippen molar-refractivity contribution in [1.29, 1.82) is 0 Å². The molecule has 2 heterocycles. The molecule has 0 fully saturated rings. The van der Waals surface area contributed by atoms with Gasteiger partial charge in [-0.05, 0) is 42.0 Å². The number of fused-ring (bicyclic) bond motifs is 1. The van der Waals surface area contributed by atoms with E-state index in [0.717, 1.165) is 27.7 Å². The normalized spacial score (nSPS) is 10.8. The molecule has 0 aliphatic carbocycles. The second-order valence-electron chi connectivity index (χ2n) is 6.66. The van der Waals surface area contributed by atoms with Gasteiger partial charge in [0.05, 0.1) is 30.1 Å². The zero-order valence-electron chi connectivity index (χ0n) is 16.4. The van der Waals surface area contributed by atoms with Crippen LogP contribution in [-0.4, -0.2) is 27.3 Å². The SMILES string of the molecule is CCOc1ccc2ccccc2c1C(=O)NCc1cc(-c2ccncc2)n(C)n1. The van der Waals surface area contributed by atoms with Gasteiger partial charge in [-0.25, -0.2) is 0 Å². The van der Waals surface area contributed by atoms with Crippen LogP contribution in [0.2, 0.25) is 0 Å². The van der Waals surface area contributed by atoms with Crippen LogP contribution in [0, 0.1) is 0 Å². The van der Waals surface area contributed by atoms with E-state index >= 15 is 0 Å². The van der Waals surface area contributed by atoms with Gasteiger partial charge in [-0.1, -0.05) is 30.3 Å². The minimum absolute atomic E-state index is 0.179. The smallest absolute Gasteiger partial charge is 0.256 e. The van der Waals surface area contributed by atoms with Crippen LogP contribution < -0.4 is 10.1 Å². The highest BCUT2D eigenvalue weighted by atomic mass is 16.5. The van der Waals surface area contributed by atoms with Gasteiger partial charge in [-0.15, -0.1) is 0 Å². The second kappa shape index (κ2) is 8.14. The van der Waals surface area contributed by atoms with Crippen LogP contribution in [0.25, 0.3) is 22.0 Å². The fraction of sp³-hybridized carbons (Fsp3) is 0.174. The maximum atomic E-state index is 13.1. The summed E-state index contributed by atoms with van der Waals surface area (Å²) in [5, 5.41) is 9.38. The molecule has 0 aliphatic heterocycles. The van der Waals surface area contributed by atoms with Crippen LogP contribution in [-0.2, 0) is 13.6 Å². The van der Waals surface area contributed by atoms with Crippen LogP contribution in [0.3, 0.4) is 0 Å². The highest BCUT2D eigenvalue weighted by Gasteiger charge is 2.17. The molecule has 2 aromatic heterocycles. The van der Waals surface area contributed by atoms with E-state index in [-0.39, 0.29) is 5.91 Å². The molecule has 0 bridgehead atoms. The third-order valence-electron chi connectivity index (χ3n) is 4.75. The van der Waals surface area contributed by atoms with Crippen molar-refractivity contribution in [1.82, 2.24) is 20.1 Å². The largest absolute Gasteiger partial charge is 0.493 e. The van der Waals surface area contributed by atoms with Gasteiger partial charge in [0.25, 0.3) is 5.91 Å². The number of hydrogen-bond acceptors (Lipinski definition) is 4. The number of nitrogens with one attached hydrogen (secondary N) is 1. The van der Waals surface area contributed by atoms with Gasteiger partial charge in [-0.2, -0.15) is 5.10 Å². The van der Waals surface area contributed by atoms with E-state index in [4.69, 9.17) is 4.74 Å². The predicted molar refractivity (Wildman–Crippen MR) is 113 cm³/mol. The van der Waals surface area contributed by atoms with Crippen molar-refractivity contribution in [3.8, 4) is 17.0 Å². The van der Waals surface area contributed by atoms with Crippen molar-refractivity contribution >= 4 is 16.7 Å². The Morgan fingerprint density at radius 2 is 1.90 bits per heavy atom. The van der Waals surface area contributed by atoms with Crippen molar-refractivity contribution in [2.75, 3.05) is 6.61 Å². The van der Waals surface area contributed by atoms with Gasteiger partial charge in [0.15, 0.2) is 0 Å². The number of amides is 1. The topological polar surface area (TPSA) is 69.0 Å². The summed E-state index contributed by atoms with van der Waals surface area (Å²) in [5.74, 6) is 0.406. The number of carbonyl (C=O) groups is 1. The lowest BCUT2D eigenvalue weighted by molar-refractivity contribution is 0.0948. The standard InChI is InChI=1S/C23H22N4O2/c1-3-29-21-9-8-16-6-4-5-7-19(16)22(21)23(28)25-15-18-14-20(27(2)26-18)17-10-12-24-13-11-17/h4-14H,3,15H2,1-2H3,(H,25,28). The highest BCUT2D eigenvalue weighted by molar-refractivity contribution is 6.09. The molecule has 0 saturated heterocycles. The summed E-state index contributed by atoms with van der Waals surface area (Å²) < 4.78 is 7.52. The van der Waals surface area contributed by atoms with Gasteiger partial charge in [0.2, 0.25) is 0 Å². The molecular formula is C23H22N4O2. The second-order valence-corrected chi connectivity index (χ2v) is 6.66. The average Bonchev–Trinajstić information content (AvgIpc) is 3.13. The summed E-state index contributed by atoms with van der Waals surface area (Å²) in [5.41, 5.74) is 3.33. The van der Waals surface area contributed by atoms with Crippen molar-refractivity contribution in [3.05, 3.63) is 78.2 Å². The molecule has 4 aromatic rings. The molecule has 6 nitrogen and oxygen atoms in total. The van der Waals surface area contributed by atoms with E-state index in [0.29, 0.717) is 24.5 Å². The first-order chi connectivity index (χ1) is 14.2. The van der Waals surface area contributed by atoms with E-state index in [1.807, 2.05) is 68.6 Å². The summed E-state index contributed by atoms with van der Waals surface area (Å²) in [4.78, 5) is 17.1. The summed E-state index contributed by atoms with van der Waals surface area (Å²) >= 11 is 0. The monoisotopic (exact) mass is 386 g/mol. The Morgan fingerprint density at radius 3 is 2.69 bits per heavy atom. The molecule has 0 aliphatic rings.